The van der Waals surface area contributed by atoms with Crippen LogP contribution in [0.15, 0.2) is 12.2 Å². The molecule has 4 aliphatic heterocycles. The average molecular weight is 1760 g/mol. The Kier molecular flexibility index (Phi) is 55.7. The van der Waals surface area contributed by atoms with Crippen molar-refractivity contribution in [2.45, 2.75) is 225 Å². The highest BCUT2D eigenvalue weighted by Gasteiger charge is 2.46. The van der Waals surface area contributed by atoms with Gasteiger partial charge in [-0.3, -0.25) is 43.3 Å². The zero-order chi connectivity index (χ0) is 88.6. The molecule has 8 amide bonds. The van der Waals surface area contributed by atoms with Gasteiger partial charge in [0.05, 0.1) is 190 Å². The Morgan fingerprint density at radius 1 is 0.369 bits per heavy atom. The lowest BCUT2D eigenvalue weighted by atomic mass is 9.94. The SMILES string of the molecule is NC1C(OCCOCCOCCNC(=O)CCOCC(COCCC(=O)NCCOCCOCCOC2OC(CO)C(O)C(O)C2N)(COCCC(=O)NCCOCCOCCOC2OC(CO)C(O)C(O)C2N)NC(=O)CCCCCCCCCCC(=O)NCCOC2(OCCNC(=O)CCN3C(=O)C=CC3=O)CCCCC2)OC(CO)C(O)C1O. The van der Waals surface area contributed by atoms with Gasteiger partial charge in [-0.15, -0.1) is 0 Å². The first kappa shape index (κ1) is 107. The number of amides is 8. The maximum Gasteiger partial charge on any atom is 0.253 e. The molecule has 0 aromatic carbocycles. The van der Waals surface area contributed by atoms with E-state index in [4.69, 9.17) is 97.7 Å². The highest BCUT2D eigenvalue weighted by molar-refractivity contribution is 6.13. The molecule has 0 bridgehead atoms. The van der Waals surface area contributed by atoms with Crippen LogP contribution < -0.4 is 49.1 Å². The first-order chi connectivity index (χ1) is 59.0. The van der Waals surface area contributed by atoms with Gasteiger partial charge >= 0.3 is 0 Å². The molecule has 5 aliphatic rings. The van der Waals surface area contributed by atoms with Gasteiger partial charge < -0.3 is 176 Å². The standard InChI is InChI=1S/C78H140N10O34/c79-65-71(103)68(100)54(48-89)120-74(65)115-45-42-109-39-36-106-31-22-82-59(94)17-28-112-51-77(52-113-29-18-60(95)83-23-32-107-37-40-110-43-46-116-75-66(80)72(104)69(101)55(49-90)121-75,53-114-30-19-61(96)84-24-33-108-38-41-111-44-47-117-76-67(81)73(105)70(102)56(50-91)122-76)87-62(97)13-9-6-4-2-1-3-5-8-12-57(92)85-25-34-118-78(20-10-7-11-21-78)119-35-26-86-58(93)16-27-88-63(98)14-15-64(88)99/h14-15,54-56,65-76,89-91,100-105H,1-13,16-53,79-81H2,(H,82,94)(H,83,95)(H,84,96)(H,85,92)(H,86,93)(H,87,97). The fourth-order valence-electron chi connectivity index (χ4n) is 13.3. The molecule has 15 atom stereocenters. The molecule has 706 valence electrons. The third kappa shape index (κ3) is 42.9. The summed E-state index contributed by atoms with van der Waals surface area (Å²) in [4.78, 5) is 103. The predicted octanol–water partition coefficient (Wildman–Crippen LogP) is -7.00. The Labute approximate surface area is 712 Å². The number of aliphatic hydroxyl groups is 9. The first-order valence-corrected chi connectivity index (χ1v) is 42.6. The number of nitrogens with zero attached hydrogens (tertiary/aromatic N) is 1. The van der Waals surface area contributed by atoms with Crippen LogP contribution in [0.2, 0.25) is 0 Å². The number of hydrogen-bond acceptors (Lipinski definition) is 37. The third-order valence-electron chi connectivity index (χ3n) is 20.3. The lowest BCUT2D eigenvalue weighted by Crippen LogP contribution is -2.62. The molecule has 0 spiro atoms. The number of ether oxygens (including phenoxy) is 17. The van der Waals surface area contributed by atoms with Crippen LogP contribution in [0.3, 0.4) is 0 Å². The van der Waals surface area contributed by atoms with Gasteiger partial charge in [-0.05, 0) is 25.7 Å². The lowest BCUT2D eigenvalue weighted by molar-refractivity contribution is -0.267. The second-order valence-corrected chi connectivity index (χ2v) is 30.0. The normalized spacial score (nSPS) is 25.2. The van der Waals surface area contributed by atoms with Crippen LogP contribution in [-0.2, 0) is 119 Å². The van der Waals surface area contributed by atoms with E-state index < -0.39 is 135 Å². The van der Waals surface area contributed by atoms with E-state index in [-0.39, 0.29) is 252 Å². The summed E-state index contributed by atoms with van der Waals surface area (Å²) in [5.41, 5.74) is 16.3. The fraction of sp³-hybridized carbons (Fsp3) is 0.872. The Morgan fingerprint density at radius 2 is 0.664 bits per heavy atom. The second kappa shape index (κ2) is 63.5. The lowest BCUT2D eigenvalue weighted by Gasteiger charge is -2.40. The summed E-state index contributed by atoms with van der Waals surface area (Å²) in [6.07, 6.45) is -1.42. The number of aliphatic hydroxyl groups excluding tert-OH is 9. The van der Waals surface area contributed by atoms with Crippen molar-refractivity contribution in [2.24, 2.45) is 17.2 Å². The van der Waals surface area contributed by atoms with Gasteiger partial charge in [0.2, 0.25) is 35.4 Å². The van der Waals surface area contributed by atoms with Gasteiger partial charge in [0.15, 0.2) is 24.7 Å². The summed E-state index contributed by atoms with van der Waals surface area (Å²) in [6.45, 7) is 0.728. The van der Waals surface area contributed by atoms with Crippen molar-refractivity contribution < 1.29 is 165 Å². The summed E-state index contributed by atoms with van der Waals surface area (Å²) < 4.78 is 97.0. The van der Waals surface area contributed by atoms with Crippen LogP contribution in [0, 0.1) is 0 Å². The number of rotatable bonds is 71. The molecule has 0 aromatic rings. The number of hydrogen-bond donors (Lipinski definition) is 18. The molecule has 21 N–H and O–H groups in total. The van der Waals surface area contributed by atoms with E-state index in [0.29, 0.717) is 38.6 Å². The summed E-state index contributed by atoms with van der Waals surface area (Å²) in [5, 5.41) is 106. The van der Waals surface area contributed by atoms with E-state index >= 15 is 0 Å². The Hall–Kier alpha value is -5.46. The summed E-state index contributed by atoms with van der Waals surface area (Å²) in [5.74, 6) is -3.55. The van der Waals surface area contributed by atoms with Crippen LogP contribution in [0.1, 0.15) is 122 Å². The Balaban J connectivity index is 1.05. The maximum absolute atomic E-state index is 14.0. The highest BCUT2D eigenvalue weighted by atomic mass is 16.7. The molecule has 4 heterocycles. The predicted molar refractivity (Wildman–Crippen MR) is 427 cm³/mol. The number of nitrogens with one attached hydrogen (secondary N) is 6. The van der Waals surface area contributed by atoms with Gasteiger partial charge in [0, 0.05) is 103 Å². The van der Waals surface area contributed by atoms with Gasteiger partial charge in [0.25, 0.3) is 11.8 Å². The zero-order valence-electron chi connectivity index (χ0n) is 70.3. The number of unbranched alkanes of at least 4 members (excludes halogenated alkanes) is 7. The number of carbonyl (C=O) groups is 8. The molecule has 122 heavy (non-hydrogen) atoms. The highest BCUT2D eigenvalue weighted by Crippen LogP contribution is 2.33. The minimum atomic E-state index is -1.40. The smallest absolute Gasteiger partial charge is 0.253 e. The summed E-state index contributed by atoms with van der Waals surface area (Å²) in [6, 6.07) is -3.15. The summed E-state index contributed by atoms with van der Waals surface area (Å²) >= 11 is 0. The van der Waals surface area contributed by atoms with Crippen molar-refractivity contribution in [3.05, 3.63) is 12.2 Å². The van der Waals surface area contributed by atoms with E-state index in [2.05, 4.69) is 31.9 Å². The average Bonchev–Trinajstić information content (AvgIpc) is 0.872. The molecular weight excluding hydrogens is 1620 g/mol. The second-order valence-electron chi connectivity index (χ2n) is 30.0. The van der Waals surface area contributed by atoms with E-state index in [9.17, 15) is 84.3 Å². The number of carbonyl (C=O) groups excluding carboxylic acids is 8. The minimum absolute atomic E-state index is 0.00979. The zero-order valence-corrected chi connectivity index (χ0v) is 70.3. The van der Waals surface area contributed by atoms with E-state index in [1.54, 1.807) is 0 Å². The Bertz CT molecular complexity index is 2720. The molecule has 1 aliphatic carbocycles. The molecule has 1 saturated carbocycles. The molecule has 3 saturated heterocycles. The molecular formula is C78H140N10O34. The molecule has 5 rings (SSSR count). The Morgan fingerprint density at radius 3 is 1.01 bits per heavy atom. The largest absolute Gasteiger partial charge is 0.394 e. The van der Waals surface area contributed by atoms with Crippen LogP contribution >= 0.6 is 0 Å². The van der Waals surface area contributed by atoms with Crippen molar-refractivity contribution in [3.8, 4) is 0 Å². The van der Waals surface area contributed by atoms with Gasteiger partial charge in [-0.25, -0.2) is 0 Å². The molecule has 44 nitrogen and oxygen atoms in total. The van der Waals surface area contributed by atoms with Crippen molar-refractivity contribution in [1.82, 2.24) is 36.8 Å². The fourth-order valence-corrected chi connectivity index (χ4v) is 13.3. The summed E-state index contributed by atoms with van der Waals surface area (Å²) in [7, 11) is 0. The van der Waals surface area contributed by atoms with Crippen LogP contribution in [0.5, 0.6) is 0 Å². The monoisotopic (exact) mass is 1760 g/mol. The van der Waals surface area contributed by atoms with Crippen molar-refractivity contribution in [3.63, 3.8) is 0 Å². The number of nitrogens with two attached hydrogens (primary N) is 3. The van der Waals surface area contributed by atoms with E-state index in [1.807, 2.05) is 0 Å². The van der Waals surface area contributed by atoms with E-state index in [0.717, 1.165) is 62.7 Å². The van der Waals surface area contributed by atoms with E-state index in [1.165, 1.54) is 12.2 Å². The molecule has 0 radical (unpaired) electrons. The topological polar surface area (TPSA) is 629 Å². The minimum Gasteiger partial charge on any atom is -0.394 e. The molecule has 0 aromatic heterocycles. The van der Waals surface area contributed by atoms with Gasteiger partial charge in [-0.2, -0.15) is 0 Å². The van der Waals surface area contributed by atoms with Crippen molar-refractivity contribution in [2.75, 3.05) is 211 Å². The van der Waals surface area contributed by atoms with Crippen LogP contribution in [-0.4, -0.2) is 412 Å². The van der Waals surface area contributed by atoms with Gasteiger partial charge in [-0.1, -0.05) is 44.9 Å². The number of imide groups is 1. The molecule has 4 fully saturated rings. The molecule has 15 unspecified atom stereocenters. The van der Waals surface area contributed by atoms with Crippen molar-refractivity contribution >= 4 is 47.3 Å². The maximum atomic E-state index is 14.0. The quantitative estimate of drug-likeness (QED) is 0.0153. The van der Waals surface area contributed by atoms with Crippen LogP contribution in [0.25, 0.3) is 0 Å². The van der Waals surface area contributed by atoms with Gasteiger partial charge in [0.1, 0.15) is 60.5 Å². The molecule has 44 heteroatoms. The van der Waals surface area contributed by atoms with Crippen LogP contribution in [0.4, 0.5) is 0 Å². The van der Waals surface area contributed by atoms with Crippen molar-refractivity contribution in [1.29, 1.82) is 0 Å². The first-order valence-electron chi connectivity index (χ1n) is 42.6. The third-order valence-corrected chi connectivity index (χ3v) is 20.3.